The Labute approximate surface area is 102 Å². The van der Waals surface area contributed by atoms with Gasteiger partial charge in [-0.3, -0.25) is 0 Å². The van der Waals surface area contributed by atoms with Gasteiger partial charge in [-0.25, -0.2) is 9.97 Å². The molecule has 1 atom stereocenters. The summed E-state index contributed by atoms with van der Waals surface area (Å²) in [6, 6.07) is 2.48. The zero-order chi connectivity index (χ0) is 12.1. The third kappa shape index (κ3) is 3.56. The number of aromatic nitrogens is 2. The highest BCUT2D eigenvalue weighted by Gasteiger charge is 2.14. The predicted octanol–water partition coefficient (Wildman–Crippen LogP) is 1.38. The van der Waals surface area contributed by atoms with Crippen molar-refractivity contribution in [1.29, 1.82) is 0 Å². The van der Waals surface area contributed by atoms with Crippen molar-refractivity contribution in [3.63, 3.8) is 0 Å². The Hall–Kier alpha value is -1.36. The van der Waals surface area contributed by atoms with Crippen LogP contribution in [0.25, 0.3) is 0 Å². The Kier molecular flexibility index (Phi) is 4.14. The van der Waals surface area contributed by atoms with E-state index in [0.717, 1.165) is 49.9 Å². The van der Waals surface area contributed by atoms with Gasteiger partial charge in [0, 0.05) is 25.2 Å². The molecule has 0 aromatic carbocycles. The van der Waals surface area contributed by atoms with E-state index in [9.17, 15) is 0 Å². The SMILES string of the molecule is CCCNc1cc(NC2CCNC2)nc(C)n1. The maximum absolute atomic E-state index is 4.42. The molecule has 5 heteroatoms. The molecule has 0 amide bonds. The first-order valence-electron chi connectivity index (χ1n) is 6.34. The first kappa shape index (κ1) is 12.1. The largest absolute Gasteiger partial charge is 0.370 e. The van der Waals surface area contributed by atoms with E-state index in [1.807, 2.05) is 13.0 Å². The Balaban J connectivity index is 2.02. The van der Waals surface area contributed by atoms with E-state index in [-0.39, 0.29) is 0 Å². The van der Waals surface area contributed by atoms with Crippen LogP contribution in [0, 0.1) is 6.92 Å². The van der Waals surface area contributed by atoms with Crippen LogP contribution in [0.5, 0.6) is 0 Å². The smallest absolute Gasteiger partial charge is 0.132 e. The van der Waals surface area contributed by atoms with E-state index >= 15 is 0 Å². The lowest BCUT2D eigenvalue weighted by atomic mass is 10.2. The van der Waals surface area contributed by atoms with E-state index in [1.54, 1.807) is 0 Å². The van der Waals surface area contributed by atoms with Crippen LogP contribution in [0.15, 0.2) is 6.07 Å². The quantitative estimate of drug-likeness (QED) is 0.719. The molecule has 0 aliphatic carbocycles. The molecular weight excluding hydrogens is 214 g/mol. The van der Waals surface area contributed by atoms with Gasteiger partial charge in [0.2, 0.25) is 0 Å². The standard InChI is InChI=1S/C12H21N5/c1-3-5-14-11-7-12(16-9(2)15-11)17-10-4-6-13-8-10/h7,10,13H,3-6,8H2,1-2H3,(H2,14,15,16,17). The van der Waals surface area contributed by atoms with Gasteiger partial charge in [-0.2, -0.15) is 0 Å². The van der Waals surface area contributed by atoms with Gasteiger partial charge in [0.1, 0.15) is 17.5 Å². The van der Waals surface area contributed by atoms with E-state index in [1.165, 1.54) is 0 Å². The molecule has 1 aliphatic heterocycles. The summed E-state index contributed by atoms with van der Waals surface area (Å²) >= 11 is 0. The molecule has 3 N–H and O–H groups in total. The van der Waals surface area contributed by atoms with E-state index in [2.05, 4.69) is 32.8 Å². The van der Waals surface area contributed by atoms with Gasteiger partial charge in [-0.05, 0) is 26.3 Å². The van der Waals surface area contributed by atoms with Crippen molar-refractivity contribution in [2.45, 2.75) is 32.7 Å². The molecular formula is C12H21N5. The number of rotatable bonds is 5. The van der Waals surface area contributed by atoms with E-state index < -0.39 is 0 Å². The van der Waals surface area contributed by atoms with Crippen LogP contribution in [0.1, 0.15) is 25.6 Å². The van der Waals surface area contributed by atoms with Crippen molar-refractivity contribution in [1.82, 2.24) is 15.3 Å². The van der Waals surface area contributed by atoms with E-state index in [4.69, 9.17) is 0 Å². The van der Waals surface area contributed by atoms with Crippen LogP contribution in [0.2, 0.25) is 0 Å². The van der Waals surface area contributed by atoms with Crippen LogP contribution in [0.3, 0.4) is 0 Å². The van der Waals surface area contributed by atoms with Crippen LogP contribution in [-0.2, 0) is 0 Å². The van der Waals surface area contributed by atoms with Gasteiger partial charge in [0.25, 0.3) is 0 Å². The second kappa shape index (κ2) is 5.82. The maximum atomic E-state index is 4.42. The zero-order valence-corrected chi connectivity index (χ0v) is 10.6. The summed E-state index contributed by atoms with van der Waals surface area (Å²) in [5.74, 6) is 2.64. The molecule has 0 radical (unpaired) electrons. The highest BCUT2D eigenvalue weighted by atomic mass is 15.1. The lowest BCUT2D eigenvalue weighted by molar-refractivity contribution is 0.785. The maximum Gasteiger partial charge on any atom is 0.132 e. The van der Waals surface area contributed by atoms with Gasteiger partial charge in [-0.1, -0.05) is 6.92 Å². The van der Waals surface area contributed by atoms with Gasteiger partial charge >= 0.3 is 0 Å². The topological polar surface area (TPSA) is 61.9 Å². The van der Waals surface area contributed by atoms with Gasteiger partial charge in [-0.15, -0.1) is 0 Å². The number of nitrogens with zero attached hydrogens (tertiary/aromatic N) is 2. The molecule has 1 aromatic rings. The number of anilines is 2. The molecule has 0 saturated carbocycles. The zero-order valence-electron chi connectivity index (χ0n) is 10.6. The average Bonchev–Trinajstić information content (AvgIpc) is 2.78. The highest BCUT2D eigenvalue weighted by molar-refractivity contribution is 5.48. The average molecular weight is 235 g/mol. The second-order valence-electron chi connectivity index (χ2n) is 4.45. The molecule has 1 unspecified atom stereocenters. The van der Waals surface area contributed by atoms with E-state index in [0.29, 0.717) is 6.04 Å². The summed E-state index contributed by atoms with van der Waals surface area (Å²) in [6.45, 7) is 7.12. The molecule has 17 heavy (non-hydrogen) atoms. The van der Waals surface area contributed by atoms with Gasteiger partial charge < -0.3 is 16.0 Å². The van der Waals surface area contributed by atoms with Crippen molar-refractivity contribution < 1.29 is 0 Å². The fraction of sp³-hybridized carbons (Fsp3) is 0.667. The van der Waals surface area contributed by atoms with Crippen molar-refractivity contribution in [2.24, 2.45) is 0 Å². The molecule has 5 nitrogen and oxygen atoms in total. The van der Waals surface area contributed by atoms with Gasteiger partial charge in [0.15, 0.2) is 0 Å². The summed E-state index contributed by atoms with van der Waals surface area (Å²) < 4.78 is 0. The molecule has 1 aliphatic rings. The normalized spacial score (nSPS) is 19.3. The Morgan fingerprint density at radius 3 is 2.94 bits per heavy atom. The molecule has 0 spiro atoms. The minimum atomic E-state index is 0.489. The first-order chi connectivity index (χ1) is 8.28. The summed E-state index contributed by atoms with van der Waals surface area (Å²) in [6.07, 6.45) is 2.25. The minimum absolute atomic E-state index is 0.489. The molecule has 0 bridgehead atoms. The number of hydrogen-bond acceptors (Lipinski definition) is 5. The fourth-order valence-corrected chi connectivity index (χ4v) is 1.97. The van der Waals surface area contributed by atoms with Crippen molar-refractivity contribution in [3.8, 4) is 0 Å². The number of aryl methyl sites for hydroxylation is 1. The molecule has 1 aromatic heterocycles. The molecule has 1 fully saturated rings. The van der Waals surface area contributed by atoms with Crippen LogP contribution in [0.4, 0.5) is 11.6 Å². The minimum Gasteiger partial charge on any atom is -0.370 e. The fourth-order valence-electron chi connectivity index (χ4n) is 1.97. The lowest BCUT2D eigenvalue weighted by Crippen LogP contribution is -2.23. The lowest BCUT2D eigenvalue weighted by Gasteiger charge is -2.13. The Bertz CT molecular complexity index is 360. The second-order valence-corrected chi connectivity index (χ2v) is 4.45. The van der Waals surface area contributed by atoms with Crippen molar-refractivity contribution >= 4 is 11.6 Å². The molecule has 2 rings (SSSR count). The van der Waals surface area contributed by atoms with Crippen molar-refractivity contribution in [2.75, 3.05) is 30.3 Å². The highest BCUT2D eigenvalue weighted by Crippen LogP contribution is 2.13. The molecule has 2 heterocycles. The summed E-state index contributed by atoms with van der Waals surface area (Å²) in [5, 5.41) is 10.1. The van der Waals surface area contributed by atoms with Crippen LogP contribution in [-0.4, -0.2) is 35.6 Å². The summed E-state index contributed by atoms with van der Waals surface area (Å²) in [4.78, 5) is 8.78. The molecule has 1 saturated heterocycles. The third-order valence-electron chi connectivity index (χ3n) is 2.81. The molecule has 94 valence electrons. The Morgan fingerprint density at radius 1 is 1.41 bits per heavy atom. The van der Waals surface area contributed by atoms with Gasteiger partial charge in [0.05, 0.1) is 0 Å². The first-order valence-corrected chi connectivity index (χ1v) is 6.34. The van der Waals surface area contributed by atoms with Crippen LogP contribution >= 0.6 is 0 Å². The summed E-state index contributed by atoms with van der Waals surface area (Å²) in [5.41, 5.74) is 0. The predicted molar refractivity (Wildman–Crippen MR) is 70.4 cm³/mol. The van der Waals surface area contributed by atoms with Crippen LogP contribution < -0.4 is 16.0 Å². The summed E-state index contributed by atoms with van der Waals surface area (Å²) in [7, 11) is 0. The number of nitrogens with one attached hydrogen (secondary N) is 3. The number of hydrogen-bond donors (Lipinski definition) is 3. The third-order valence-corrected chi connectivity index (χ3v) is 2.81. The van der Waals surface area contributed by atoms with Crippen molar-refractivity contribution in [3.05, 3.63) is 11.9 Å². The Morgan fingerprint density at radius 2 is 2.24 bits per heavy atom. The monoisotopic (exact) mass is 235 g/mol.